The van der Waals surface area contributed by atoms with Crippen LogP contribution in [0.15, 0.2) is 47.7 Å². The maximum atomic E-state index is 12.6. The van der Waals surface area contributed by atoms with Gasteiger partial charge in [0.05, 0.1) is 13.0 Å². The SMILES string of the molecule is O=C(Cc1cccnc1)N1CCN=C1Nc1cccc2c1CCC2. The molecule has 1 N–H and O–H groups in total. The lowest BCUT2D eigenvalue weighted by atomic mass is 10.1. The zero-order valence-electron chi connectivity index (χ0n) is 13.5. The molecule has 0 bridgehead atoms. The van der Waals surface area contributed by atoms with E-state index in [1.807, 2.05) is 12.1 Å². The van der Waals surface area contributed by atoms with Crippen LogP contribution in [-0.4, -0.2) is 34.8 Å². The van der Waals surface area contributed by atoms with E-state index in [4.69, 9.17) is 0 Å². The predicted octanol–water partition coefficient (Wildman–Crippen LogP) is 2.42. The average molecular weight is 320 g/mol. The number of nitrogens with zero attached hydrogens (tertiary/aromatic N) is 3. The van der Waals surface area contributed by atoms with E-state index < -0.39 is 0 Å². The fourth-order valence-electron chi connectivity index (χ4n) is 3.43. The normalized spacial score (nSPS) is 16.0. The molecule has 24 heavy (non-hydrogen) atoms. The molecule has 2 aliphatic rings. The van der Waals surface area contributed by atoms with Crippen molar-refractivity contribution in [3.63, 3.8) is 0 Å². The summed E-state index contributed by atoms with van der Waals surface area (Å²) in [6.45, 7) is 1.28. The van der Waals surface area contributed by atoms with Crippen molar-refractivity contribution in [2.24, 2.45) is 4.99 Å². The number of guanidine groups is 1. The zero-order chi connectivity index (χ0) is 16.4. The number of rotatable bonds is 3. The first-order valence-corrected chi connectivity index (χ1v) is 8.43. The second-order valence-corrected chi connectivity index (χ2v) is 6.21. The summed E-state index contributed by atoms with van der Waals surface area (Å²) in [7, 11) is 0. The van der Waals surface area contributed by atoms with Gasteiger partial charge in [-0.25, -0.2) is 0 Å². The van der Waals surface area contributed by atoms with Gasteiger partial charge in [0.2, 0.25) is 11.9 Å². The minimum atomic E-state index is 0.0549. The van der Waals surface area contributed by atoms with Crippen LogP contribution in [0.5, 0.6) is 0 Å². The summed E-state index contributed by atoms with van der Waals surface area (Å²) in [5.74, 6) is 0.725. The van der Waals surface area contributed by atoms with E-state index >= 15 is 0 Å². The maximum absolute atomic E-state index is 12.6. The number of aromatic nitrogens is 1. The van der Waals surface area contributed by atoms with Gasteiger partial charge in [-0.3, -0.25) is 19.7 Å². The van der Waals surface area contributed by atoms with Gasteiger partial charge < -0.3 is 5.32 Å². The Kier molecular flexibility index (Phi) is 3.99. The molecule has 0 fully saturated rings. The van der Waals surface area contributed by atoms with E-state index in [0.29, 0.717) is 25.5 Å². The number of fused-ring (bicyclic) bond motifs is 1. The van der Waals surface area contributed by atoms with Crippen LogP contribution in [0, 0.1) is 0 Å². The van der Waals surface area contributed by atoms with Gasteiger partial charge >= 0.3 is 0 Å². The molecule has 2 heterocycles. The van der Waals surface area contributed by atoms with Gasteiger partial charge in [0.25, 0.3) is 0 Å². The maximum Gasteiger partial charge on any atom is 0.233 e. The number of anilines is 1. The average Bonchev–Trinajstić information content (AvgIpc) is 3.25. The lowest BCUT2D eigenvalue weighted by Gasteiger charge is -2.20. The summed E-state index contributed by atoms with van der Waals surface area (Å²) in [4.78, 5) is 22.9. The molecular formula is C19H20N4O. The summed E-state index contributed by atoms with van der Waals surface area (Å²) in [5.41, 5.74) is 4.79. The highest BCUT2D eigenvalue weighted by Gasteiger charge is 2.25. The molecule has 122 valence electrons. The Morgan fingerprint density at radius 3 is 3.04 bits per heavy atom. The Bertz CT molecular complexity index is 785. The van der Waals surface area contributed by atoms with E-state index in [0.717, 1.165) is 24.1 Å². The third kappa shape index (κ3) is 2.89. The van der Waals surface area contributed by atoms with Gasteiger partial charge in [0, 0.05) is 24.6 Å². The van der Waals surface area contributed by atoms with Gasteiger partial charge in [-0.15, -0.1) is 0 Å². The first-order valence-electron chi connectivity index (χ1n) is 8.43. The van der Waals surface area contributed by atoms with Gasteiger partial charge in [0.1, 0.15) is 0 Å². The molecule has 4 rings (SSSR count). The Morgan fingerprint density at radius 2 is 2.17 bits per heavy atom. The quantitative estimate of drug-likeness (QED) is 0.945. The third-order valence-corrected chi connectivity index (χ3v) is 4.61. The van der Waals surface area contributed by atoms with E-state index in [-0.39, 0.29) is 5.91 Å². The molecule has 1 aliphatic heterocycles. The molecule has 1 amide bonds. The van der Waals surface area contributed by atoms with Crippen LogP contribution in [0.4, 0.5) is 5.69 Å². The topological polar surface area (TPSA) is 57.6 Å². The second kappa shape index (κ2) is 6.43. The van der Waals surface area contributed by atoms with Gasteiger partial charge in [0.15, 0.2) is 0 Å². The van der Waals surface area contributed by atoms with Crippen LogP contribution >= 0.6 is 0 Å². The van der Waals surface area contributed by atoms with E-state index in [9.17, 15) is 4.79 Å². The molecule has 1 aliphatic carbocycles. The van der Waals surface area contributed by atoms with Gasteiger partial charge in [-0.05, 0) is 48.1 Å². The number of aryl methyl sites for hydroxylation is 1. The molecule has 0 atom stereocenters. The summed E-state index contributed by atoms with van der Waals surface area (Å²) >= 11 is 0. The van der Waals surface area contributed by atoms with E-state index in [2.05, 4.69) is 33.5 Å². The molecular weight excluding hydrogens is 300 g/mol. The molecule has 5 heteroatoms. The molecule has 0 saturated heterocycles. The van der Waals surface area contributed by atoms with Crippen molar-refractivity contribution in [1.29, 1.82) is 0 Å². The Morgan fingerprint density at radius 1 is 1.21 bits per heavy atom. The van der Waals surface area contributed by atoms with Crippen molar-refractivity contribution in [1.82, 2.24) is 9.88 Å². The first-order chi connectivity index (χ1) is 11.8. The summed E-state index contributed by atoms with van der Waals surface area (Å²) in [6.07, 6.45) is 7.23. The second-order valence-electron chi connectivity index (χ2n) is 6.21. The van der Waals surface area contributed by atoms with Crippen molar-refractivity contribution in [2.45, 2.75) is 25.7 Å². The highest BCUT2D eigenvalue weighted by molar-refractivity contribution is 6.06. The molecule has 0 unspecified atom stereocenters. The minimum absolute atomic E-state index is 0.0549. The summed E-state index contributed by atoms with van der Waals surface area (Å²) in [5, 5.41) is 3.40. The number of amides is 1. The molecule has 0 radical (unpaired) electrons. The Hall–Kier alpha value is -2.69. The first kappa shape index (κ1) is 14.9. The molecule has 5 nitrogen and oxygen atoms in total. The van der Waals surface area contributed by atoms with Crippen LogP contribution in [0.25, 0.3) is 0 Å². The fraction of sp³-hybridized carbons (Fsp3) is 0.316. The standard InChI is InChI=1S/C19H20N4O/c24-18(12-14-4-3-9-20-13-14)23-11-10-21-19(23)22-17-8-2-6-15-5-1-7-16(15)17/h2-4,6,8-9,13H,1,5,7,10-12H2,(H,21,22). The van der Waals surface area contributed by atoms with E-state index in [1.54, 1.807) is 17.3 Å². The smallest absolute Gasteiger partial charge is 0.233 e. The lowest BCUT2D eigenvalue weighted by molar-refractivity contribution is -0.126. The number of nitrogens with one attached hydrogen (secondary N) is 1. The summed E-state index contributed by atoms with van der Waals surface area (Å²) in [6, 6.07) is 10.1. The highest BCUT2D eigenvalue weighted by atomic mass is 16.2. The zero-order valence-corrected chi connectivity index (χ0v) is 13.5. The highest BCUT2D eigenvalue weighted by Crippen LogP contribution is 2.29. The van der Waals surface area contributed by atoms with E-state index in [1.165, 1.54) is 17.5 Å². The van der Waals surface area contributed by atoms with Crippen molar-refractivity contribution in [3.8, 4) is 0 Å². The molecule has 1 aromatic heterocycles. The Labute approximate surface area is 141 Å². The number of carbonyl (C=O) groups excluding carboxylic acids is 1. The van der Waals surface area contributed by atoms with Crippen LogP contribution in [-0.2, 0) is 24.1 Å². The number of pyridine rings is 1. The number of hydrogen-bond donors (Lipinski definition) is 1. The molecule has 2 aromatic rings. The molecule has 1 aromatic carbocycles. The lowest BCUT2D eigenvalue weighted by Crippen LogP contribution is -2.39. The van der Waals surface area contributed by atoms with Gasteiger partial charge in [-0.2, -0.15) is 0 Å². The number of hydrogen-bond acceptors (Lipinski definition) is 4. The number of aliphatic imine (C=N–C) groups is 1. The van der Waals surface area contributed by atoms with Crippen LogP contribution < -0.4 is 5.32 Å². The molecule has 0 spiro atoms. The minimum Gasteiger partial charge on any atom is -0.326 e. The van der Waals surface area contributed by atoms with Crippen molar-refractivity contribution >= 4 is 17.6 Å². The fourth-order valence-corrected chi connectivity index (χ4v) is 3.43. The largest absolute Gasteiger partial charge is 0.326 e. The van der Waals surface area contributed by atoms with Crippen LogP contribution in [0.2, 0.25) is 0 Å². The van der Waals surface area contributed by atoms with Crippen LogP contribution in [0.3, 0.4) is 0 Å². The van der Waals surface area contributed by atoms with Crippen molar-refractivity contribution in [2.75, 3.05) is 18.4 Å². The monoisotopic (exact) mass is 320 g/mol. The number of benzene rings is 1. The Balaban J connectivity index is 1.49. The van der Waals surface area contributed by atoms with Crippen molar-refractivity contribution in [3.05, 3.63) is 59.4 Å². The predicted molar refractivity (Wildman–Crippen MR) is 94.0 cm³/mol. The third-order valence-electron chi connectivity index (χ3n) is 4.61. The summed E-state index contributed by atoms with van der Waals surface area (Å²) < 4.78 is 0. The molecule has 0 saturated carbocycles. The number of carbonyl (C=O) groups is 1. The van der Waals surface area contributed by atoms with Crippen LogP contribution in [0.1, 0.15) is 23.1 Å². The van der Waals surface area contributed by atoms with Crippen molar-refractivity contribution < 1.29 is 4.79 Å². The van der Waals surface area contributed by atoms with Gasteiger partial charge in [-0.1, -0.05) is 18.2 Å².